The number of hydrogen-bond acceptors (Lipinski definition) is 6. The molecule has 2 unspecified atom stereocenters. The van der Waals surface area contributed by atoms with Crippen molar-refractivity contribution in [1.29, 1.82) is 5.26 Å². The largest absolute Gasteiger partial charge is 0.488 e. The van der Waals surface area contributed by atoms with E-state index >= 15 is 0 Å². The fourth-order valence-corrected chi connectivity index (χ4v) is 8.99. The molecule has 0 saturated heterocycles. The van der Waals surface area contributed by atoms with Crippen LogP contribution in [0, 0.1) is 31.8 Å². The van der Waals surface area contributed by atoms with Crippen molar-refractivity contribution in [3.05, 3.63) is 130 Å². The second-order valence-corrected chi connectivity index (χ2v) is 20.8. The highest BCUT2D eigenvalue weighted by Gasteiger charge is 2.35. The predicted molar refractivity (Wildman–Crippen MR) is 256 cm³/mol. The van der Waals surface area contributed by atoms with Gasteiger partial charge >= 0.3 is 0 Å². The molecule has 0 aliphatic heterocycles. The van der Waals surface area contributed by atoms with Crippen LogP contribution in [-0.2, 0) is 16.2 Å². The van der Waals surface area contributed by atoms with E-state index in [4.69, 9.17) is 29.4 Å². The zero-order valence-electron chi connectivity index (χ0n) is 38.0. The quantitative estimate of drug-likeness (QED) is 0.101. The molecule has 0 aliphatic rings. The molecule has 0 radical (unpaired) electrons. The summed E-state index contributed by atoms with van der Waals surface area (Å²) in [5.41, 5.74) is 6.10. The molecule has 0 N–H and O–H groups in total. The van der Waals surface area contributed by atoms with Gasteiger partial charge in [-0.05, 0) is 84.9 Å². The normalized spacial score (nSPS) is 12.6. The van der Waals surface area contributed by atoms with Gasteiger partial charge in [-0.3, -0.25) is 0 Å². The van der Waals surface area contributed by atoms with Crippen LogP contribution < -0.4 is 22.8 Å². The highest BCUT2D eigenvalue weighted by Crippen LogP contribution is 2.55. The monoisotopic (exact) mass is 852 g/mol. The maximum atomic E-state index is 10.1. The van der Waals surface area contributed by atoms with Crippen LogP contribution in [0.25, 0.3) is 37.5 Å². The summed E-state index contributed by atoms with van der Waals surface area (Å²) in [5.74, 6) is 3.04. The fraction of sp³-hybridized carbons (Fsp3) is 0.346. The van der Waals surface area contributed by atoms with Gasteiger partial charge in [0.15, 0.2) is 5.75 Å². The van der Waals surface area contributed by atoms with Gasteiger partial charge in [-0.2, -0.15) is 5.26 Å². The summed E-state index contributed by atoms with van der Waals surface area (Å²) < 4.78 is 33.9. The van der Waals surface area contributed by atoms with Crippen molar-refractivity contribution in [2.24, 2.45) is 0 Å². The van der Waals surface area contributed by atoms with Crippen LogP contribution in [0.4, 0.5) is 5.69 Å². The highest BCUT2D eigenvalue weighted by molar-refractivity contribution is 7.27. The molecule has 0 amide bonds. The number of nitrogens with zero attached hydrogens (tertiary/aromatic N) is 2. The molecular formula is C52H58N2O5P2. The van der Waals surface area contributed by atoms with Crippen molar-refractivity contribution >= 4 is 45.3 Å². The molecule has 316 valence electrons. The van der Waals surface area contributed by atoms with E-state index in [1.54, 1.807) is 12.1 Å². The Hall–Kier alpha value is -5.32. The maximum Gasteiger partial charge on any atom is 0.275 e. The average Bonchev–Trinajstić information content (AvgIpc) is 3.17. The van der Waals surface area contributed by atoms with E-state index in [9.17, 15) is 5.26 Å². The van der Waals surface area contributed by atoms with Crippen molar-refractivity contribution in [1.82, 2.24) is 0 Å². The van der Waals surface area contributed by atoms with Crippen LogP contribution in [0.3, 0.4) is 0 Å². The van der Waals surface area contributed by atoms with Crippen molar-refractivity contribution in [2.45, 2.75) is 119 Å². The van der Waals surface area contributed by atoms with E-state index in [0.29, 0.717) is 34.2 Å². The van der Waals surface area contributed by atoms with Gasteiger partial charge in [0.2, 0.25) is 5.69 Å². The molecule has 61 heavy (non-hydrogen) atoms. The number of fused-ring (bicyclic) bond motifs is 2. The Balaban J connectivity index is 1.63. The summed E-state index contributed by atoms with van der Waals surface area (Å²) in [4.78, 5) is 3.81. The number of nitriles is 1. The van der Waals surface area contributed by atoms with Gasteiger partial charge in [-0.1, -0.05) is 135 Å². The first-order valence-electron chi connectivity index (χ1n) is 20.6. The first-order chi connectivity index (χ1) is 28.5. The summed E-state index contributed by atoms with van der Waals surface area (Å²) in [6.45, 7) is 38.2. The fourth-order valence-electron chi connectivity index (χ4n) is 7.71. The first-order valence-corrected chi connectivity index (χ1v) is 22.2. The molecule has 0 bridgehead atoms. The molecule has 0 spiro atoms. The molecule has 6 rings (SSSR count). The van der Waals surface area contributed by atoms with Gasteiger partial charge in [0.1, 0.15) is 34.7 Å². The van der Waals surface area contributed by atoms with E-state index in [0.717, 1.165) is 60.7 Å². The Kier molecular flexibility index (Phi) is 12.8. The Morgan fingerprint density at radius 2 is 1.00 bits per heavy atom. The Bertz CT molecular complexity index is 2720. The Labute approximate surface area is 366 Å². The molecule has 0 saturated carbocycles. The first kappa shape index (κ1) is 45.2. The molecule has 7 nitrogen and oxygen atoms in total. The molecule has 9 heteroatoms. The number of rotatable bonds is 10. The summed E-state index contributed by atoms with van der Waals surface area (Å²) in [5, 5.41) is 13.8. The summed E-state index contributed by atoms with van der Waals surface area (Å²) in [6, 6.07) is 30.0. The van der Waals surface area contributed by atoms with Crippen molar-refractivity contribution < 1.29 is 22.8 Å². The molecule has 0 aliphatic carbocycles. The lowest BCUT2D eigenvalue weighted by molar-refractivity contribution is 0.129. The lowest BCUT2D eigenvalue weighted by Crippen LogP contribution is -2.24. The zero-order valence-corrected chi connectivity index (χ0v) is 40.0. The van der Waals surface area contributed by atoms with Crippen LogP contribution in [0.2, 0.25) is 0 Å². The van der Waals surface area contributed by atoms with Crippen LogP contribution in [0.5, 0.6) is 28.7 Å². The van der Waals surface area contributed by atoms with Crippen molar-refractivity contribution in [3.63, 3.8) is 0 Å². The van der Waals surface area contributed by atoms with E-state index in [-0.39, 0.29) is 10.8 Å². The molecule has 6 aromatic rings. The molecule has 0 aromatic heterocycles. The van der Waals surface area contributed by atoms with Crippen molar-refractivity contribution in [2.75, 3.05) is 0 Å². The topological polar surface area (TPSA) is 74.3 Å². The summed E-state index contributed by atoms with van der Waals surface area (Å²) in [7, 11) is -0.981. The molecule has 6 aromatic carbocycles. The van der Waals surface area contributed by atoms with Gasteiger partial charge in [-0.15, -0.1) is 0 Å². The van der Waals surface area contributed by atoms with E-state index in [1.807, 2.05) is 60.7 Å². The minimum Gasteiger partial charge on any atom is -0.488 e. The van der Waals surface area contributed by atoms with Crippen LogP contribution in [0.1, 0.15) is 116 Å². The van der Waals surface area contributed by atoms with Crippen LogP contribution in [-0.4, -0.2) is 5.60 Å². The number of ether oxygens (including phenoxy) is 1. The Morgan fingerprint density at radius 1 is 0.541 bits per heavy atom. The van der Waals surface area contributed by atoms with Gasteiger partial charge in [0, 0.05) is 38.6 Å². The highest BCUT2D eigenvalue weighted by atomic mass is 31.1. The minimum absolute atomic E-state index is 0.239. The van der Waals surface area contributed by atoms with E-state index < -0.39 is 29.1 Å². The van der Waals surface area contributed by atoms with Gasteiger partial charge < -0.3 is 22.8 Å². The van der Waals surface area contributed by atoms with Crippen molar-refractivity contribution in [3.8, 4) is 45.9 Å². The van der Waals surface area contributed by atoms with Crippen LogP contribution in [0.15, 0.2) is 84.9 Å². The molecule has 0 fully saturated rings. The Morgan fingerprint density at radius 3 is 1.51 bits per heavy atom. The van der Waals surface area contributed by atoms with Gasteiger partial charge in [0.05, 0.1) is 12.1 Å². The number of benzene rings is 6. The third kappa shape index (κ3) is 9.61. The zero-order chi connectivity index (χ0) is 44.7. The number of hydrogen-bond donors (Lipinski definition) is 0. The maximum absolute atomic E-state index is 10.1. The van der Waals surface area contributed by atoms with Crippen LogP contribution >= 0.6 is 18.1 Å². The summed E-state index contributed by atoms with van der Waals surface area (Å²) in [6.07, 6.45) is 0. The minimum atomic E-state index is -0.501. The predicted octanol–water partition coefficient (Wildman–Crippen LogP) is 15.7. The summed E-state index contributed by atoms with van der Waals surface area (Å²) >= 11 is 0. The standard InChI is InChI=1S/C52H58N2O5P2/c1-31-38(49(3,4)5)28-39(50(6,7)8)47(58-60-56-45-35(30-53)25-24-33-20-16-18-22-36(33)45)43(31)44-32(2)42(55-52(12,13)14)29-40(51(9,10)11)48(44)59-61-57-46-37-23-19-17-21-34(37)26-27-41(46)54-15/h16-29,60-61H,1-14H3. The lowest BCUT2D eigenvalue weighted by Gasteiger charge is -2.34. The smallest absolute Gasteiger partial charge is 0.275 e. The molecular weight excluding hydrogens is 795 g/mol. The second-order valence-electron chi connectivity index (χ2n) is 19.6. The van der Waals surface area contributed by atoms with E-state index in [1.165, 1.54) is 5.56 Å². The van der Waals surface area contributed by atoms with E-state index in [2.05, 4.69) is 120 Å². The SMILES string of the molecule is [C-]#[N+]c1ccc2ccccc2c1OPOc1c(C(C)(C)C)cc(OC(C)(C)C)c(C)c1-c1c(C)c(C(C)(C)C)cc(C(C)(C)C)c1OPOc1c(C#N)ccc2ccccc12. The third-order valence-electron chi connectivity index (χ3n) is 10.7. The lowest BCUT2D eigenvalue weighted by atomic mass is 9.74. The average molecular weight is 853 g/mol. The molecule has 0 heterocycles. The molecule has 2 atom stereocenters. The third-order valence-corrected chi connectivity index (χ3v) is 11.8. The van der Waals surface area contributed by atoms with Gasteiger partial charge in [-0.25, -0.2) is 4.85 Å². The van der Waals surface area contributed by atoms with Gasteiger partial charge in [0.25, 0.3) is 18.1 Å². The second kappa shape index (κ2) is 17.2.